The molecule has 2 heterocycles. The average Bonchev–Trinajstić information content (AvgIpc) is 2.64. The lowest BCUT2D eigenvalue weighted by Crippen LogP contribution is -2.49. The molecule has 0 aromatic heterocycles. The van der Waals surface area contributed by atoms with E-state index in [9.17, 15) is 4.79 Å². The van der Waals surface area contributed by atoms with E-state index in [0.717, 1.165) is 18.6 Å². The van der Waals surface area contributed by atoms with Crippen molar-refractivity contribution < 1.29 is 19.0 Å². The molecule has 1 aromatic rings. The second-order valence-electron chi connectivity index (χ2n) is 6.80. The summed E-state index contributed by atoms with van der Waals surface area (Å²) in [6, 6.07) is 6.16. The summed E-state index contributed by atoms with van der Waals surface area (Å²) in [5, 5.41) is 2.94. The molecule has 0 aliphatic carbocycles. The topological polar surface area (TPSA) is 60.0 Å². The highest BCUT2D eigenvalue weighted by atomic mass is 16.6. The molecule has 3 rings (SSSR count). The minimum absolute atomic E-state index is 0.0289. The van der Waals surface area contributed by atoms with Crippen LogP contribution in [-0.2, 0) is 9.47 Å². The number of urea groups is 1. The zero-order chi connectivity index (χ0) is 17.6. The van der Waals surface area contributed by atoms with Gasteiger partial charge in [-0.3, -0.25) is 0 Å². The maximum Gasteiger partial charge on any atom is 0.317 e. The Balaban J connectivity index is 1.40. The van der Waals surface area contributed by atoms with Crippen LogP contribution in [-0.4, -0.2) is 62.6 Å². The van der Waals surface area contributed by atoms with Crippen molar-refractivity contribution in [1.29, 1.82) is 0 Å². The molecule has 138 valence electrons. The first kappa shape index (κ1) is 18.0. The second kappa shape index (κ2) is 8.54. The Morgan fingerprint density at radius 1 is 1.24 bits per heavy atom. The van der Waals surface area contributed by atoms with E-state index < -0.39 is 0 Å². The normalized spacial score (nSPS) is 21.8. The molecule has 0 saturated carbocycles. The number of nitrogens with one attached hydrogen (secondary N) is 1. The van der Waals surface area contributed by atoms with Gasteiger partial charge in [0.05, 0.1) is 25.9 Å². The number of amides is 2. The summed E-state index contributed by atoms with van der Waals surface area (Å²) in [5.41, 5.74) is 2.51. The molecule has 2 aliphatic rings. The van der Waals surface area contributed by atoms with E-state index in [1.165, 1.54) is 11.1 Å². The number of hydrogen-bond acceptors (Lipinski definition) is 4. The van der Waals surface area contributed by atoms with Gasteiger partial charge in [0, 0.05) is 32.5 Å². The lowest BCUT2D eigenvalue weighted by molar-refractivity contribution is -0.0856. The molecule has 2 fully saturated rings. The largest absolute Gasteiger partial charge is 0.490 e. The monoisotopic (exact) mass is 348 g/mol. The van der Waals surface area contributed by atoms with Gasteiger partial charge in [-0.25, -0.2) is 4.79 Å². The van der Waals surface area contributed by atoms with Crippen LogP contribution in [0.3, 0.4) is 0 Å². The minimum atomic E-state index is -0.0386. The van der Waals surface area contributed by atoms with Crippen molar-refractivity contribution in [1.82, 2.24) is 10.2 Å². The van der Waals surface area contributed by atoms with E-state index >= 15 is 0 Å². The molecule has 0 radical (unpaired) electrons. The zero-order valence-electron chi connectivity index (χ0n) is 15.1. The predicted molar refractivity (Wildman–Crippen MR) is 95.1 cm³/mol. The van der Waals surface area contributed by atoms with Crippen molar-refractivity contribution in [2.45, 2.75) is 38.9 Å². The molecule has 1 unspecified atom stereocenters. The van der Waals surface area contributed by atoms with Gasteiger partial charge < -0.3 is 24.4 Å². The van der Waals surface area contributed by atoms with E-state index in [1.807, 2.05) is 11.0 Å². The molecule has 0 spiro atoms. The van der Waals surface area contributed by atoms with Crippen LogP contribution >= 0.6 is 0 Å². The number of aryl methyl sites for hydroxylation is 2. The number of rotatable bonds is 4. The van der Waals surface area contributed by atoms with Crippen molar-refractivity contribution in [3.05, 3.63) is 29.3 Å². The van der Waals surface area contributed by atoms with E-state index in [1.54, 1.807) is 0 Å². The van der Waals surface area contributed by atoms with Gasteiger partial charge in [-0.1, -0.05) is 6.07 Å². The molecule has 1 atom stereocenters. The standard InChI is InChI=1S/C19H28N2O4/c1-14-3-4-17(11-15(14)2)25-16-5-7-21(8-6-16)19(22)20-12-18-13-23-9-10-24-18/h3-4,11,16,18H,5-10,12-13H2,1-2H3,(H,20,22). The van der Waals surface area contributed by atoms with Gasteiger partial charge >= 0.3 is 6.03 Å². The zero-order valence-corrected chi connectivity index (χ0v) is 15.1. The molecule has 25 heavy (non-hydrogen) atoms. The van der Waals surface area contributed by atoms with Gasteiger partial charge in [0.15, 0.2) is 0 Å². The molecule has 6 nitrogen and oxygen atoms in total. The van der Waals surface area contributed by atoms with Gasteiger partial charge in [-0.15, -0.1) is 0 Å². The van der Waals surface area contributed by atoms with Crippen molar-refractivity contribution in [2.24, 2.45) is 0 Å². The second-order valence-corrected chi connectivity index (χ2v) is 6.80. The quantitative estimate of drug-likeness (QED) is 0.907. The van der Waals surface area contributed by atoms with Crippen LogP contribution in [0.4, 0.5) is 4.79 Å². The SMILES string of the molecule is Cc1ccc(OC2CCN(C(=O)NCC3COCCO3)CC2)cc1C. The Morgan fingerprint density at radius 2 is 2.04 bits per heavy atom. The number of carbonyl (C=O) groups is 1. The minimum Gasteiger partial charge on any atom is -0.490 e. The van der Waals surface area contributed by atoms with Crippen LogP contribution in [0.5, 0.6) is 5.75 Å². The van der Waals surface area contributed by atoms with Gasteiger partial charge in [-0.2, -0.15) is 0 Å². The fourth-order valence-corrected chi connectivity index (χ4v) is 3.12. The van der Waals surface area contributed by atoms with Gasteiger partial charge in [0.1, 0.15) is 11.9 Å². The Bertz CT molecular complexity index is 579. The number of benzene rings is 1. The molecule has 1 N–H and O–H groups in total. The number of carbonyl (C=O) groups excluding carboxylic acids is 1. The number of hydrogen-bond donors (Lipinski definition) is 1. The smallest absolute Gasteiger partial charge is 0.317 e. The third-order valence-electron chi connectivity index (χ3n) is 4.88. The van der Waals surface area contributed by atoms with E-state index in [-0.39, 0.29) is 18.2 Å². The summed E-state index contributed by atoms with van der Waals surface area (Å²) in [6.45, 7) is 7.90. The molecule has 2 amide bonds. The van der Waals surface area contributed by atoms with Gasteiger partial charge in [-0.05, 0) is 37.1 Å². The van der Waals surface area contributed by atoms with Gasteiger partial charge in [0.25, 0.3) is 0 Å². The summed E-state index contributed by atoms with van der Waals surface area (Å²) in [4.78, 5) is 14.1. The van der Waals surface area contributed by atoms with Crippen molar-refractivity contribution in [3.63, 3.8) is 0 Å². The van der Waals surface area contributed by atoms with Crippen molar-refractivity contribution in [2.75, 3.05) is 39.5 Å². The average molecular weight is 348 g/mol. The summed E-state index contributed by atoms with van der Waals surface area (Å²) < 4.78 is 17.0. The lowest BCUT2D eigenvalue weighted by Gasteiger charge is -2.33. The highest BCUT2D eigenvalue weighted by Gasteiger charge is 2.25. The summed E-state index contributed by atoms with van der Waals surface area (Å²) in [5.74, 6) is 0.917. The number of nitrogens with zero attached hydrogens (tertiary/aromatic N) is 1. The fourth-order valence-electron chi connectivity index (χ4n) is 3.12. The highest BCUT2D eigenvalue weighted by Crippen LogP contribution is 2.21. The van der Waals surface area contributed by atoms with Crippen molar-refractivity contribution >= 4 is 6.03 Å². The van der Waals surface area contributed by atoms with Crippen LogP contribution < -0.4 is 10.1 Å². The molecule has 0 bridgehead atoms. The van der Waals surface area contributed by atoms with E-state index in [2.05, 4.69) is 31.3 Å². The Morgan fingerprint density at radius 3 is 2.72 bits per heavy atom. The molecule has 2 saturated heterocycles. The predicted octanol–water partition coefficient (Wildman–Crippen LogP) is 2.27. The van der Waals surface area contributed by atoms with Crippen molar-refractivity contribution in [3.8, 4) is 5.75 Å². The first-order valence-corrected chi connectivity index (χ1v) is 9.08. The molecule has 2 aliphatic heterocycles. The molecule has 6 heteroatoms. The third-order valence-corrected chi connectivity index (χ3v) is 4.88. The summed E-state index contributed by atoms with van der Waals surface area (Å²) >= 11 is 0. The summed E-state index contributed by atoms with van der Waals surface area (Å²) in [6.07, 6.45) is 1.83. The van der Waals surface area contributed by atoms with E-state index in [4.69, 9.17) is 14.2 Å². The maximum absolute atomic E-state index is 12.3. The summed E-state index contributed by atoms with van der Waals surface area (Å²) in [7, 11) is 0. The molecular formula is C19H28N2O4. The fraction of sp³-hybridized carbons (Fsp3) is 0.632. The first-order chi connectivity index (χ1) is 12.1. The Kier molecular flexibility index (Phi) is 6.15. The number of likely N-dealkylation sites (tertiary alicyclic amines) is 1. The third kappa shape index (κ3) is 5.09. The highest BCUT2D eigenvalue weighted by molar-refractivity contribution is 5.74. The van der Waals surface area contributed by atoms with E-state index in [0.29, 0.717) is 39.5 Å². The van der Waals surface area contributed by atoms with Crippen LogP contribution in [0.15, 0.2) is 18.2 Å². The Hall–Kier alpha value is -1.79. The van der Waals surface area contributed by atoms with Crippen LogP contribution in [0.25, 0.3) is 0 Å². The molecule has 1 aromatic carbocycles. The first-order valence-electron chi connectivity index (χ1n) is 9.08. The molecular weight excluding hydrogens is 320 g/mol. The van der Waals surface area contributed by atoms with Crippen LogP contribution in [0.2, 0.25) is 0 Å². The van der Waals surface area contributed by atoms with Crippen LogP contribution in [0, 0.1) is 13.8 Å². The lowest BCUT2D eigenvalue weighted by atomic mass is 10.1. The number of ether oxygens (including phenoxy) is 3. The van der Waals surface area contributed by atoms with Gasteiger partial charge in [0.2, 0.25) is 0 Å². The maximum atomic E-state index is 12.3. The van der Waals surface area contributed by atoms with Crippen LogP contribution in [0.1, 0.15) is 24.0 Å². The Labute approximate surface area is 149 Å². The number of piperidine rings is 1.